The van der Waals surface area contributed by atoms with Crippen LogP contribution in [0.25, 0.3) is 0 Å². The number of hydrogen-bond donors (Lipinski definition) is 0. The van der Waals surface area contributed by atoms with E-state index in [9.17, 15) is 4.79 Å². The fraction of sp³-hybridized carbons (Fsp3) is 0.533. The maximum absolute atomic E-state index is 11.8. The Hall–Kier alpha value is -1.22. The zero-order chi connectivity index (χ0) is 14.3. The molecule has 0 saturated heterocycles. The average Bonchev–Trinajstić information content (AvgIpc) is 2.35. The van der Waals surface area contributed by atoms with Crippen molar-refractivity contribution >= 4 is 17.5 Å². The summed E-state index contributed by atoms with van der Waals surface area (Å²) in [6.45, 7) is 5.04. The Labute approximate surface area is 120 Å². The second kappa shape index (κ2) is 8.05. The monoisotopic (exact) mass is 283 g/mol. The Morgan fingerprint density at radius 3 is 2.84 bits per heavy atom. The number of aryl methyl sites for hydroxylation is 1. The summed E-state index contributed by atoms with van der Waals surface area (Å²) in [7, 11) is 1.80. The van der Waals surface area contributed by atoms with E-state index in [1.54, 1.807) is 11.9 Å². The molecule has 19 heavy (non-hydrogen) atoms. The number of carbonyl (C=O) groups is 1. The lowest BCUT2D eigenvalue weighted by atomic mass is 10.2. The first kappa shape index (κ1) is 15.8. The van der Waals surface area contributed by atoms with Crippen molar-refractivity contribution in [1.82, 2.24) is 4.90 Å². The molecule has 0 aliphatic rings. The topological polar surface area (TPSA) is 29.5 Å². The third-order valence-corrected chi connectivity index (χ3v) is 3.08. The Morgan fingerprint density at radius 2 is 2.21 bits per heavy atom. The molecule has 0 radical (unpaired) electrons. The summed E-state index contributed by atoms with van der Waals surface area (Å²) in [5.41, 5.74) is 1.15. The third-order valence-electron chi connectivity index (χ3n) is 2.86. The van der Waals surface area contributed by atoms with E-state index in [1.165, 1.54) is 0 Å². The number of ether oxygens (including phenoxy) is 1. The van der Waals surface area contributed by atoms with Crippen LogP contribution in [-0.4, -0.2) is 36.4 Å². The van der Waals surface area contributed by atoms with Gasteiger partial charge in [-0.3, -0.25) is 4.79 Å². The van der Waals surface area contributed by atoms with Crippen molar-refractivity contribution in [3.8, 4) is 5.75 Å². The number of benzene rings is 1. The van der Waals surface area contributed by atoms with Gasteiger partial charge in [-0.05, 0) is 38.0 Å². The van der Waals surface area contributed by atoms with Gasteiger partial charge in [-0.25, -0.2) is 0 Å². The van der Waals surface area contributed by atoms with Gasteiger partial charge in [0.1, 0.15) is 5.75 Å². The van der Waals surface area contributed by atoms with Gasteiger partial charge in [0.15, 0.2) is 0 Å². The molecule has 0 N–H and O–H groups in total. The van der Waals surface area contributed by atoms with E-state index < -0.39 is 0 Å². The summed E-state index contributed by atoms with van der Waals surface area (Å²) in [4.78, 5) is 13.5. The molecule has 3 nitrogen and oxygen atoms in total. The predicted octanol–water partition coefficient (Wildman–Crippen LogP) is 3.24. The normalized spacial score (nSPS) is 12.0. The molecule has 0 bridgehead atoms. The number of carbonyl (C=O) groups excluding carboxylic acids is 1. The Bertz CT molecular complexity index is 407. The van der Waals surface area contributed by atoms with Gasteiger partial charge >= 0.3 is 0 Å². The van der Waals surface area contributed by atoms with Crippen molar-refractivity contribution < 1.29 is 9.53 Å². The van der Waals surface area contributed by atoms with Gasteiger partial charge in [0, 0.05) is 19.0 Å². The maximum Gasteiger partial charge on any atom is 0.225 e. The van der Waals surface area contributed by atoms with E-state index in [0.29, 0.717) is 19.6 Å². The van der Waals surface area contributed by atoms with Crippen molar-refractivity contribution in [1.29, 1.82) is 0 Å². The number of amides is 1. The smallest absolute Gasteiger partial charge is 0.225 e. The number of rotatable bonds is 7. The first-order chi connectivity index (χ1) is 8.99. The summed E-state index contributed by atoms with van der Waals surface area (Å²) in [6.07, 6.45) is 1.20. The molecule has 4 heteroatoms. The minimum absolute atomic E-state index is 0.0879. The van der Waals surface area contributed by atoms with Crippen LogP contribution >= 0.6 is 11.6 Å². The molecule has 1 rings (SSSR count). The molecule has 0 aromatic heterocycles. The van der Waals surface area contributed by atoms with Crippen LogP contribution in [0.5, 0.6) is 5.75 Å². The highest BCUT2D eigenvalue weighted by Gasteiger charge is 2.09. The SMILES string of the molecule is Cc1cccc(OCCC(=O)N(C)CCC(C)Cl)c1. The van der Waals surface area contributed by atoms with E-state index in [0.717, 1.165) is 17.7 Å². The van der Waals surface area contributed by atoms with Gasteiger partial charge in [0.05, 0.1) is 13.0 Å². The minimum atomic E-state index is 0.0879. The Morgan fingerprint density at radius 1 is 1.47 bits per heavy atom. The van der Waals surface area contributed by atoms with Crippen LogP contribution < -0.4 is 4.74 Å². The van der Waals surface area contributed by atoms with Crippen LogP contribution in [0, 0.1) is 6.92 Å². The second-order valence-electron chi connectivity index (χ2n) is 4.80. The first-order valence-corrected chi connectivity index (χ1v) is 7.00. The van der Waals surface area contributed by atoms with Crippen LogP contribution in [0.3, 0.4) is 0 Å². The number of hydrogen-bond acceptors (Lipinski definition) is 2. The minimum Gasteiger partial charge on any atom is -0.493 e. The molecule has 0 aliphatic carbocycles. The highest BCUT2D eigenvalue weighted by Crippen LogP contribution is 2.12. The van der Waals surface area contributed by atoms with Gasteiger partial charge in [-0.15, -0.1) is 11.6 Å². The van der Waals surface area contributed by atoms with Crippen LogP contribution in [0.1, 0.15) is 25.3 Å². The lowest BCUT2D eigenvalue weighted by molar-refractivity contribution is -0.130. The van der Waals surface area contributed by atoms with Crippen molar-refractivity contribution in [2.75, 3.05) is 20.2 Å². The van der Waals surface area contributed by atoms with Crippen LogP contribution in [0.4, 0.5) is 0 Å². The molecule has 0 heterocycles. The molecule has 1 aromatic rings. The summed E-state index contributed by atoms with van der Waals surface area (Å²) < 4.78 is 5.56. The summed E-state index contributed by atoms with van der Waals surface area (Å²) in [5, 5.41) is 0.0961. The zero-order valence-electron chi connectivity index (χ0n) is 11.9. The van der Waals surface area contributed by atoms with Crippen LogP contribution in [-0.2, 0) is 4.79 Å². The fourth-order valence-corrected chi connectivity index (χ4v) is 1.75. The van der Waals surface area contributed by atoms with Crippen LogP contribution in [0.15, 0.2) is 24.3 Å². The van der Waals surface area contributed by atoms with Crippen molar-refractivity contribution in [3.05, 3.63) is 29.8 Å². The number of nitrogens with zero attached hydrogens (tertiary/aromatic N) is 1. The van der Waals surface area contributed by atoms with Crippen molar-refractivity contribution in [2.45, 2.75) is 32.1 Å². The Kier molecular flexibility index (Phi) is 6.71. The van der Waals surface area contributed by atoms with Crippen molar-refractivity contribution in [3.63, 3.8) is 0 Å². The van der Waals surface area contributed by atoms with E-state index >= 15 is 0 Å². The van der Waals surface area contributed by atoms with Gasteiger partial charge in [-0.2, -0.15) is 0 Å². The largest absolute Gasteiger partial charge is 0.493 e. The molecular weight excluding hydrogens is 262 g/mol. The van der Waals surface area contributed by atoms with E-state index in [-0.39, 0.29) is 11.3 Å². The molecule has 0 spiro atoms. The zero-order valence-corrected chi connectivity index (χ0v) is 12.6. The highest BCUT2D eigenvalue weighted by molar-refractivity contribution is 6.20. The second-order valence-corrected chi connectivity index (χ2v) is 5.54. The molecule has 0 aliphatic heterocycles. The third kappa shape index (κ3) is 6.48. The van der Waals surface area contributed by atoms with E-state index in [1.807, 2.05) is 38.1 Å². The van der Waals surface area contributed by atoms with Gasteiger partial charge in [0.25, 0.3) is 0 Å². The van der Waals surface area contributed by atoms with Crippen LogP contribution in [0.2, 0.25) is 0 Å². The van der Waals surface area contributed by atoms with E-state index in [2.05, 4.69) is 0 Å². The summed E-state index contributed by atoms with van der Waals surface area (Å²) in [5.74, 6) is 0.898. The molecular formula is C15H22ClNO2. The lowest BCUT2D eigenvalue weighted by Crippen LogP contribution is -2.29. The molecule has 1 atom stereocenters. The number of halogens is 1. The average molecular weight is 284 g/mol. The molecule has 1 aromatic carbocycles. The van der Waals surface area contributed by atoms with Crippen molar-refractivity contribution in [2.24, 2.45) is 0 Å². The molecule has 1 amide bonds. The fourth-order valence-electron chi connectivity index (χ4n) is 1.65. The standard InChI is InChI=1S/C15H22ClNO2/c1-12-5-4-6-14(11-12)19-10-8-15(18)17(3)9-7-13(2)16/h4-6,11,13H,7-10H2,1-3H3. The summed E-state index contributed by atoms with van der Waals surface area (Å²) in [6, 6.07) is 7.82. The molecule has 0 saturated carbocycles. The quantitative estimate of drug-likeness (QED) is 0.719. The highest BCUT2D eigenvalue weighted by atomic mass is 35.5. The summed E-state index contributed by atoms with van der Waals surface area (Å²) >= 11 is 5.86. The van der Waals surface area contributed by atoms with Gasteiger partial charge in [-0.1, -0.05) is 12.1 Å². The number of alkyl halides is 1. The Balaban J connectivity index is 2.26. The lowest BCUT2D eigenvalue weighted by Gasteiger charge is -2.18. The molecule has 1 unspecified atom stereocenters. The van der Waals surface area contributed by atoms with Gasteiger partial charge < -0.3 is 9.64 Å². The predicted molar refractivity (Wildman–Crippen MR) is 78.9 cm³/mol. The molecule has 106 valence electrons. The van der Waals surface area contributed by atoms with Gasteiger partial charge in [0.2, 0.25) is 5.91 Å². The van der Waals surface area contributed by atoms with E-state index in [4.69, 9.17) is 16.3 Å². The molecule has 0 fully saturated rings. The maximum atomic E-state index is 11.8. The first-order valence-electron chi connectivity index (χ1n) is 6.56.